The van der Waals surface area contributed by atoms with Crippen molar-refractivity contribution in [2.75, 3.05) is 4.90 Å². The third-order valence-electron chi connectivity index (χ3n) is 19.3. The van der Waals surface area contributed by atoms with Crippen molar-refractivity contribution in [3.8, 4) is 61.3 Å². The Morgan fingerprint density at radius 3 is 1.56 bits per heavy atom. The van der Waals surface area contributed by atoms with Gasteiger partial charge >= 0.3 is 0 Å². The Hall–Kier alpha value is -8.20. The van der Waals surface area contributed by atoms with E-state index in [1.165, 1.54) is 195 Å². The van der Waals surface area contributed by atoms with Gasteiger partial charge in [0.1, 0.15) is 0 Å². The molecule has 2 heteroatoms. The van der Waals surface area contributed by atoms with Crippen molar-refractivity contribution in [1.29, 1.82) is 0 Å². The molecule has 2 aliphatic carbocycles. The van der Waals surface area contributed by atoms with E-state index in [0.717, 1.165) is 17.1 Å². The molecule has 0 saturated carbocycles. The molecule has 0 fully saturated rings. The second-order valence-electron chi connectivity index (χ2n) is 25.3. The molecule has 0 saturated heterocycles. The lowest BCUT2D eigenvalue weighted by atomic mass is 9.70. The molecular formula is C82H82N2. The summed E-state index contributed by atoms with van der Waals surface area (Å²) in [5, 5.41) is 2.53. The summed E-state index contributed by atoms with van der Waals surface area (Å²) in [5.74, 6) is 0. The molecule has 0 aliphatic heterocycles. The highest BCUT2D eigenvalue weighted by Gasteiger charge is 2.43. The van der Waals surface area contributed by atoms with Gasteiger partial charge in [0, 0.05) is 44.4 Å². The first kappa shape index (κ1) is 55.0. The predicted molar refractivity (Wildman–Crippen MR) is 361 cm³/mol. The second kappa shape index (κ2) is 23.5. The Morgan fingerprint density at radius 1 is 0.333 bits per heavy atom. The summed E-state index contributed by atoms with van der Waals surface area (Å²) in [6.07, 6.45) is 18.3. The Morgan fingerprint density at radius 2 is 0.845 bits per heavy atom. The smallest absolute Gasteiger partial charge is 0.0547 e. The third kappa shape index (κ3) is 10.2. The minimum Gasteiger partial charge on any atom is -0.310 e. The summed E-state index contributed by atoms with van der Waals surface area (Å²) < 4.78 is 2.53. The zero-order chi connectivity index (χ0) is 57.4. The maximum Gasteiger partial charge on any atom is 0.0547 e. The first-order valence-electron chi connectivity index (χ1n) is 31.9. The van der Waals surface area contributed by atoms with Crippen molar-refractivity contribution in [2.24, 2.45) is 0 Å². The number of fused-ring (bicyclic) bond motifs is 9. The van der Waals surface area contributed by atoms with Gasteiger partial charge in [-0.15, -0.1) is 0 Å². The van der Waals surface area contributed by atoms with E-state index in [0.29, 0.717) is 0 Å². The first-order valence-corrected chi connectivity index (χ1v) is 31.9. The van der Waals surface area contributed by atoms with Crippen molar-refractivity contribution in [1.82, 2.24) is 4.57 Å². The van der Waals surface area contributed by atoms with Crippen LogP contribution in [0.25, 0.3) is 83.1 Å². The predicted octanol–water partition coefficient (Wildman–Crippen LogP) is 23.9. The van der Waals surface area contributed by atoms with E-state index in [1.807, 2.05) is 0 Å². The maximum atomic E-state index is 2.64. The number of anilines is 3. The van der Waals surface area contributed by atoms with E-state index in [1.54, 1.807) is 11.1 Å². The fourth-order valence-electron chi connectivity index (χ4n) is 14.9. The van der Waals surface area contributed by atoms with E-state index in [-0.39, 0.29) is 10.8 Å². The van der Waals surface area contributed by atoms with Gasteiger partial charge in [-0.1, -0.05) is 262 Å². The number of unbranched alkanes of at least 4 members (excludes halogenated alkanes) is 10. The quantitative estimate of drug-likeness (QED) is 0.0651. The SMILES string of the molecule is CCCCCCCCC1(CCCCCCCC)c2cc(C)ccc2-c2ccc(-c3cc(C)cc(-n4c5ccccc5c5ccc(-c6ccc(N(c7ccc(-c8ccccc8)cc7)c7ccc8c(c7)C(C)(C)c7ccccc7-8)cc6)cc54)c3)cc21. The number of hydrogen-bond donors (Lipinski definition) is 0. The van der Waals surface area contributed by atoms with Crippen LogP contribution >= 0.6 is 0 Å². The van der Waals surface area contributed by atoms with Crippen LogP contribution in [0.2, 0.25) is 0 Å². The van der Waals surface area contributed by atoms with E-state index in [9.17, 15) is 0 Å². The Kier molecular flexibility index (Phi) is 15.4. The summed E-state index contributed by atoms with van der Waals surface area (Å²) in [4.78, 5) is 2.43. The normalized spacial score (nSPS) is 13.5. The molecule has 1 aromatic heterocycles. The van der Waals surface area contributed by atoms with Crippen LogP contribution in [-0.2, 0) is 10.8 Å². The lowest BCUT2D eigenvalue weighted by molar-refractivity contribution is 0.398. The molecule has 0 spiro atoms. The molecule has 0 radical (unpaired) electrons. The molecule has 84 heavy (non-hydrogen) atoms. The van der Waals surface area contributed by atoms with Crippen LogP contribution in [0.4, 0.5) is 17.1 Å². The highest BCUT2D eigenvalue weighted by atomic mass is 15.1. The second-order valence-corrected chi connectivity index (χ2v) is 25.3. The molecule has 0 atom stereocenters. The van der Waals surface area contributed by atoms with Crippen LogP contribution in [0, 0.1) is 13.8 Å². The van der Waals surface area contributed by atoms with Gasteiger partial charge in [0.25, 0.3) is 0 Å². The Balaban J connectivity index is 0.868. The van der Waals surface area contributed by atoms with E-state index in [2.05, 4.69) is 269 Å². The molecule has 2 nitrogen and oxygen atoms in total. The summed E-state index contributed by atoms with van der Waals surface area (Å²) >= 11 is 0. The van der Waals surface area contributed by atoms with Crippen LogP contribution in [0.1, 0.15) is 151 Å². The monoisotopic (exact) mass is 1090 g/mol. The maximum absolute atomic E-state index is 2.64. The van der Waals surface area contributed by atoms with Crippen molar-refractivity contribution in [2.45, 2.75) is 142 Å². The molecule has 420 valence electrons. The number of aromatic nitrogens is 1. The van der Waals surface area contributed by atoms with E-state index >= 15 is 0 Å². The van der Waals surface area contributed by atoms with Crippen molar-refractivity contribution >= 4 is 38.9 Å². The Bertz CT molecular complexity index is 4140. The summed E-state index contributed by atoms with van der Waals surface area (Å²) in [7, 11) is 0. The average Bonchev–Trinajstić information content (AvgIpc) is 2.06. The molecule has 1 heterocycles. The van der Waals surface area contributed by atoms with E-state index < -0.39 is 0 Å². The lowest BCUT2D eigenvalue weighted by Crippen LogP contribution is -2.25. The average molecular weight is 1100 g/mol. The van der Waals surface area contributed by atoms with Crippen LogP contribution in [-0.4, -0.2) is 4.57 Å². The number of para-hydroxylation sites is 1. The molecule has 0 unspecified atom stereocenters. The fourth-order valence-corrected chi connectivity index (χ4v) is 14.9. The van der Waals surface area contributed by atoms with Crippen LogP contribution in [0.5, 0.6) is 0 Å². The highest BCUT2D eigenvalue weighted by Crippen LogP contribution is 2.56. The van der Waals surface area contributed by atoms with Crippen LogP contribution in [0.15, 0.2) is 218 Å². The van der Waals surface area contributed by atoms with Gasteiger partial charge < -0.3 is 9.47 Å². The van der Waals surface area contributed by atoms with Crippen molar-refractivity contribution < 1.29 is 0 Å². The minimum absolute atomic E-state index is 0.0225. The zero-order valence-electron chi connectivity index (χ0n) is 50.6. The van der Waals surface area contributed by atoms with Gasteiger partial charge in [-0.2, -0.15) is 0 Å². The molecule has 13 rings (SSSR count). The van der Waals surface area contributed by atoms with Gasteiger partial charge in [-0.3, -0.25) is 0 Å². The molecule has 10 aromatic carbocycles. The number of aryl methyl sites for hydroxylation is 2. The molecule has 2 aliphatic rings. The number of benzene rings is 10. The highest BCUT2D eigenvalue weighted by molar-refractivity contribution is 6.10. The van der Waals surface area contributed by atoms with Crippen LogP contribution < -0.4 is 4.90 Å². The fraction of sp³-hybridized carbons (Fsp3) is 0.268. The summed E-state index contributed by atoms with van der Waals surface area (Å²) in [6, 6.07) is 83.3. The third-order valence-corrected chi connectivity index (χ3v) is 19.3. The molecular weight excluding hydrogens is 1010 g/mol. The van der Waals surface area contributed by atoms with Gasteiger partial charge in [0.15, 0.2) is 0 Å². The number of hydrogen-bond acceptors (Lipinski definition) is 1. The largest absolute Gasteiger partial charge is 0.310 e. The number of rotatable bonds is 21. The lowest BCUT2D eigenvalue weighted by Gasteiger charge is -2.33. The van der Waals surface area contributed by atoms with E-state index in [4.69, 9.17) is 0 Å². The minimum atomic E-state index is -0.115. The summed E-state index contributed by atoms with van der Waals surface area (Å²) in [5.41, 5.74) is 28.5. The summed E-state index contributed by atoms with van der Waals surface area (Å²) in [6.45, 7) is 14.0. The van der Waals surface area contributed by atoms with Gasteiger partial charge in [0.05, 0.1) is 11.0 Å². The van der Waals surface area contributed by atoms with Crippen LogP contribution in [0.3, 0.4) is 0 Å². The van der Waals surface area contributed by atoms with Gasteiger partial charge in [-0.25, -0.2) is 0 Å². The zero-order valence-corrected chi connectivity index (χ0v) is 50.6. The molecule has 0 N–H and O–H groups in total. The van der Waals surface area contributed by atoms with Gasteiger partial charge in [0.2, 0.25) is 0 Å². The molecule has 11 aromatic rings. The number of nitrogens with zero attached hydrogens (tertiary/aromatic N) is 2. The first-order chi connectivity index (χ1) is 41.1. The standard InChI is InChI=1S/C82H82N2/c1-7-9-11-13-15-24-48-82(49-25-16-14-12-10-8-2)77-52-57(3)32-44-71(77)72-45-37-62(54-78(72)82)64-50-58(4)51-68(53-64)84-79-31-23-21-29-73(79)74-46-38-63(55-80(74)84)61-35-41-66(42-36-61)83(65-39-33-60(34-40-65)59-26-18-17-19-27-59)67-43-47-70-69-28-20-22-30-75(69)81(5,6)76(70)56-67/h17-23,26-47,50-56H,7-16,24-25,48-49H2,1-6H3. The molecule has 0 bridgehead atoms. The van der Waals surface area contributed by atoms with Gasteiger partial charge in [-0.05, 0) is 177 Å². The topological polar surface area (TPSA) is 8.17 Å². The molecule has 0 amide bonds. The van der Waals surface area contributed by atoms with Crippen molar-refractivity contribution in [3.63, 3.8) is 0 Å². The Labute approximate surface area is 500 Å². The van der Waals surface area contributed by atoms with Crippen molar-refractivity contribution in [3.05, 3.63) is 252 Å².